The van der Waals surface area contributed by atoms with Gasteiger partial charge in [0.05, 0.1) is 0 Å². The zero-order valence-electron chi connectivity index (χ0n) is 19.1. The van der Waals surface area contributed by atoms with Gasteiger partial charge in [-0.2, -0.15) is 0 Å². The molecule has 0 aromatic carbocycles. The number of carbonyl (C=O) groups excluding carboxylic acids is 1. The molecule has 172 valence electrons. The first-order valence-electron chi connectivity index (χ1n) is 12.4. The number of piperazine rings is 1. The van der Waals surface area contributed by atoms with Gasteiger partial charge in [-0.05, 0) is 57.8 Å². The third-order valence-corrected chi connectivity index (χ3v) is 8.80. The number of likely N-dealkylation sites (tertiary alicyclic amines) is 1. The zero-order chi connectivity index (χ0) is 21.4. The lowest BCUT2D eigenvalue weighted by Gasteiger charge is -2.47. The predicted molar refractivity (Wildman–Crippen MR) is 116 cm³/mol. The molecule has 0 aromatic heterocycles. The van der Waals surface area contributed by atoms with Gasteiger partial charge in [-0.1, -0.05) is 12.8 Å². The van der Waals surface area contributed by atoms with Crippen molar-refractivity contribution >= 4 is 5.91 Å². The van der Waals surface area contributed by atoms with E-state index in [1.165, 1.54) is 25.7 Å². The highest BCUT2D eigenvalue weighted by Crippen LogP contribution is 2.47. The first-order valence-corrected chi connectivity index (χ1v) is 12.4. The van der Waals surface area contributed by atoms with Gasteiger partial charge in [0.25, 0.3) is 5.92 Å². The molecule has 1 spiro atoms. The van der Waals surface area contributed by atoms with Crippen molar-refractivity contribution in [2.24, 2.45) is 11.3 Å². The van der Waals surface area contributed by atoms with Crippen molar-refractivity contribution in [2.75, 3.05) is 39.3 Å². The second-order valence-corrected chi connectivity index (χ2v) is 10.8. The van der Waals surface area contributed by atoms with Gasteiger partial charge >= 0.3 is 0 Å². The maximum Gasteiger partial charge on any atom is 0.252 e. The summed E-state index contributed by atoms with van der Waals surface area (Å²) in [5.41, 5.74) is 0.449. The monoisotopic (exact) mass is 425 g/mol. The van der Waals surface area contributed by atoms with E-state index in [1.807, 2.05) is 4.90 Å². The average Bonchev–Trinajstić information content (AvgIpc) is 3.17. The fraction of sp³-hybridized carbons (Fsp3) is 0.958. The number of rotatable bonds is 4. The molecule has 6 heteroatoms. The summed E-state index contributed by atoms with van der Waals surface area (Å²) in [5, 5.41) is 0. The minimum absolute atomic E-state index is 0.0229. The van der Waals surface area contributed by atoms with Crippen LogP contribution in [0.4, 0.5) is 8.78 Å². The summed E-state index contributed by atoms with van der Waals surface area (Å²) in [4.78, 5) is 19.7. The van der Waals surface area contributed by atoms with Crippen LogP contribution in [0.2, 0.25) is 0 Å². The molecule has 4 fully saturated rings. The topological polar surface area (TPSA) is 26.8 Å². The third kappa shape index (κ3) is 4.69. The SMILES string of the molecule is CC(C)N1CCN([C@H]2CCCC(F)(F)C2CC(=O)N2CCC3(CCCC3)CC2)CC1. The zero-order valence-corrected chi connectivity index (χ0v) is 19.1. The Bertz CT molecular complexity index is 587. The molecule has 2 aliphatic carbocycles. The first kappa shape index (κ1) is 22.4. The number of amides is 1. The van der Waals surface area contributed by atoms with E-state index in [2.05, 4.69) is 23.6 Å². The minimum atomic E-state index is -2.73. The number of carbonyl (C=O) groups is 1. The average molecular weight is 426 g/mol. The van der Waals surface area contributed by atoms with E-state index in [9.17, 15) is 4.79 Å². The third-order valence-electron chi connectivity index (χ3n) is 8.80. The summed E-state index contributed by atoms with van der Waals surface area (Å²) in [6.07, 6.45) is 8.69. The smallest absolute Gasteiger partial charge is 0.252 e. The summed E-state index contributed by atoms with van der Waals surface area (Å²) in [5.74, 6) is -3.58. The van der Waals surface area contributed by atoms with Crippen LogP contribution >= 0.6 is 0 Å². The van der Waals surface area contributed by atoms with Crippen molar-refractivity contribution in [1.82, 2.24) is 14.7 Å². The standard InChI is InChI=1S/C24H41F2N3O/c1-19(2)27-14-16-28(17-15-27)21-6-5-9-24(25,26)20(21)18-22(30)29-12-10-23(11-13-29)7-3-4-8-23/h19-21H,3-18H2,1-2H3/t20?,21-/m0/s1. The first-order chi connectivity index (χ1) is 14.3. The molecule has 0 bridgehead atoms. The van der Waals surface area contributed by atoms with Gasteiger partial charge in [-0.15, -0.1) is 0 Å². The van der Waals surface area contributed by atoms with Crippen LogP contribution in [-0.2, 0) is 4.79 Å². The second kappa shape index (κ2) is 9.01. The Hall–Kier alpha value is -0.750. The molecule has 2 saturated carbocycles. The van der Waals surface area contributed by atoms with Crippen LogP contribution in [0.15, 0.2) is 0 Å². The van der Waals surface area contributed by atoms with Crippen molar-refractivity contribution in [3.05, 3.63) is 0 Å². The molecule has 4 rings (SSSR count). The summed E-state index contributed by atoms with van der Waals surface area (Å²) in [6, 6.07) is 0.345. The molecule has 0 aromatic rings. The number of halogens is 2. The molecular formula is C24H41F2N3O. The van der Waals surface area contributed by atoms with Crippen LogP contribution in [0.3, 0.4) is 0 Å². The van der Waals surface area contributed by atoms with Gasteiger partial charge in [0.1, 0.15) is 0 Å². The molecule has 30 heavy (non-hydrogen) atoms. The molecule has 2 heterocycles. The van der Waals surface area contributed by atoms with E-state index in [4.69, 9.17) is 0 Å². The molecule has 1 unspecified atom stereocenters. The maximum absolute atomic E-state index is 15.0. The lowest BCUT2D eigenvalue weighted by Crippen LogP contribution is -2.58. The number of alkyl halides is 2. The Labute approximate surface area is 181 Å². The van der Waals surface area contributed by atoms with Crippen LogP contribution in [0.5, 0.6) is 0 Å². The van der Waals surface area contributed by atoms with E-state index in [-0.39, 0.29) is 24.8 Å². The normalized spacial score (nSPS) is 32.8. The molecule has 2 aliphatic heterocycles. The number of hydrogen-bond acceptors (Lipinski definition) is 3. The summed E-state index contributed by atoms with van der Waals surface area (Å²) in [6.45, 7) is 9.50. The van der Waals surface area contributed by atoms with Gasteiger partial charge in [0.15, 0.2) is 0 Å². The fourth-order valence-corrected chi connectivity index (χ4v) is 6.70. The predicted octanol–water partition coefficient (Wildman–Crippen LogP) is 4.39. The maximum atomic E-state index is 15.0. The van der Waals surface area contributed by atoms with E-state index in [1.54, 1.807) is 0 Å². The fourth-order valence-electron chi connectivity index (χ4n) is 6.70. The van der Waals surface area contributed by atoms with Gasteiger partial charge < -0.3 is 4.90 Å². The molecule has 0 radical (unpaired) electrons. The van der Waals surface area contributed by atoms with Crippen molar-refractivity contribution < 1.29 is 13.6 Å². The van der Waals surface area contributed by atoms with E-state index in [0.29, 0.717) is 17.9 Å². The minimum Gasteiger partial charge on any atom is -0.343 e. The highest BCUT2D eigenvalue weighted by atomic mass is 19.3. The Morgan fingerprint density at radius 1 is 0.900 bits per heavy atom. The lowest BCUT2D eigenvalue weighted by atomic mass is 9.76. The van der Waals surface area contributed by atoms with Crippen LogP contribution in [0.1, 0.15) is 78.1 Å². The van der Waals surface area contributed by atoms with Gasteiger partial charge in [-0.3, -0.25) is 14.6 Å². The molecule has 0 N–H and O–H groups in total. The summed E-state index contributed by atoms with van der Waals surface area (Å²) >= 11 is 0. The molecular weight excluding hydrogens is 384 g/mol. The van der Waals surface area contributed by atoms with Crippen LogP contribution in [0, 0.1) is 11.3 Å². The Morgan fingerprint density at radius 2 is 1.53 bits per heavy atom. The van der Waals surface area contributed by atoms with Gasteiger partial charge in [-0.25, -0.2) is 8.78 Å². The molecule has 2 saturated heterocycles. The lowest BCUT2D eigenvalue weighted by molar-refractivity contribution is -0.151. The van der Waals surface area contributed by atoms with Crippen molar-refractivity contribution in [3.8, 4) is 0 Å². The number of piperidine rings is 1. The van der Waals surface area contributed by atoms with Crippen molar-refractivity contribution in [1.29, 1.82) is 0 Å². The number of nitrogens with zero attached hydrogens (tertiary/aromatic N) is 3. The van der Waals surface area contributed by atoms with Crippen LogP contribution in [-0.4, -0.2) is 77.9 Å². The quantitative estimate of drug-likeness (QED) is 0.668. The van der Waals surface area contributed by atoms with E-state index in [0.717, 1.165) is 58.5 Å². The molecule has 1 amide bonds. The molecule has 2 atom stereocenters. The van der Waals surface area contributed by atoms with Gasteiger partial charge in [0, 0.05) is 70.1 Å². The highest BCUT2D eigenvalue weighted by Gasteiger charge is 2.50. The molecule has 4 aliphatic rings. The van der Waals surface area contributed by atoms with Crippen LogP contribution in [0.25, 0.3) is 0 Å². The largest absolute Gasteiger partial charge is 0.343 e. The number of hydrogen-bond donors (Lipinski definition) is 0. The van der Waals surface area contributed by atoms with Crippen LogP contribution < -0.4 is 0 Å². The highest BCUT2D eigenvalue weighted by molar-refractivity contribution is 5.76. The Morgan fingerprint density at radius 3 is 2.13 bits per heavy atom. The van der Waals surface area contributed by atoms with E-state index < -0.39 is 11.8 Å². The van der Waals surface area contributed by atoms with Crippen molar-refractivity contribution in [3.63, 3.8) is 0 Å². The van der Waals surface area contributed by atoms with Crippen molar-refractivity contribution in [2.45, 2.75) is 96.1 Å². The molecule has 4 nitrogen and oxygen atoms in total. The van der Waals surface area contributed by atoms with Gasteiger partial charge in [0.2, 0.25) is 5.91 Å². The summed E-state index contributed by atoms with van der Waals surface area (Å²) < 4.78 is 30.1. The Kier molecular flexibility index (Phi) is 6.74. The summed E-state index contributed by atoms with van der Waals surface area (Å²) in [7, 11) is 0. The van der Waals surface area contributed by atoms with E-state index >= 15 is 8.78 Å². The Balaban J connectivity index is 1.38. The second-order valence-electron chi connectivity index (χ2n) is 10.8.